The molecule has 3 rings (SSSR count). The number of carbonyl (C=O) groups excluding carboxylic acids is 1. The van der Waals surface area contributed by atoms with Crippen molar-refractivity contribution in [1.29, 1.82) is 0 Å². The molecule has 1 aliphatic rings. The second-order valence-corrected chi connectivity index (χ2v) is 6.15. The Balaban J connectivity index is 1.69. The minimum absolute atomic E-state index is 0.138. The molecule has 0 atom stereocenters. The van der Waals surface area contributed by atoms with Crippen molar-refractivity contribution in [1.82, 2.24) is 0 Å². The highest BCUT2D eigenvalue weighted by atomic mass is 79.9. The second-order valence-electron chi connectivity index (χ2n) is 4.83. The molecule has 0 unspecified atom stereocenters. The summed E-state index contributed by atoms with van der Waals surface area (Å²) < 4.78 is 11.8. The van der Waals surface area contributed by atoms with Gasteiger partial charge in [0.2, 0.25) is 5.91 Å². The molecule has 0 saturated carbocycles. The fraction of sp³-hybridized carbons (Fsp3) is 0.188. The number of hydrogen-bond donors (Lipinski definition) is 1. The molecular weight excluding hydrogens is 370 g/mol. The summed E-state index contributed by atoms with van der Waals surface area (Å²) in [4.78, 5) is 12.1. The number of nitrogens with one attached hydrogen (secondary N) is 1. The van der Waals surface area contributed by atoms with Crippen molar-refractivity contribution in [3.8, 4) is 11.5 Å². The Morgan fingerprint density at radius 1 is 1.14 bits per heavy atom. The highest BCUT2D eigenvalue weighted by Crippen LogP contribution is 2.31. The van der Waals surface area contributed by atoms with E-state index in [4.69, 9.17) is 21.1 Å². The lowest BCUT2D eigenvalue weighted by Crippen LogP contribution is -2.17. The summed E-state index contributed by atoms with van der Waals surface area (Å²) in [7, 11) is 0. The second kappa shape index (κ2) is 6.58. The van der Waals surface area contributed by atoms with Gasteiger partial charge in [-0.2, -0.15) is 0 Å². The van der Waals surface area contributed by atoms with Crippen molar-refractivity contribution in [3.05, 3.63) is 51.5 Å². The SMILES string of the molecule is O=C(Cc1ccc2c(c1)OCCO2)Nc1ccc(Br)cc1Cl. The van der Waals surface area contributed by atoms with Crippen molar-refractivity contribution >= 4 is 39.1 Å². The van der Waals surface area contributed by atoms with Gasteiger partial charge in [0.1, 0.15) is 13.2 Å². The maximum Gasteiger partial charge on any atom is 0.228 e. The van der Waals surface area contributed by atoms with Crippen molar-refractivity contribution in [2.24, 2.45) is 0 Å². The first-order valence-electron chi connectivity index (χ1n) is 6.75. The average molecular weight is 383 g/mol. The van der Waals surface area contributed by atoms with E-state index >= 15 is 0 Å². The van der Waals surface area contributed by atoms with Gasteiger partial charge in [-0.15, -0.1) is 0 Å². The number of rotatable bonds is 3. The van der Waals surface area contributed by atoms with Crippen LogP contribution in [0.4, 0.5) is 5.69 Å². The van der Waals surface area contributed by atoms with Crippen LogP contribution in [0.1, 0.15) is 5.56 Å². The van der Waals surface area contributed by atoms with Crippen LogP contribution in [0.3, 0.4) is 0 Å². The minimum atomic E-state index is -0.138. The molecule has 4 nitrogen and oxygen atoms in total. The topological polar surface area (TPSA) is 47.6 Å². The van der Waals surface area contributed by atoms with Crippen LogP contribution >= 0.6 is 27.5 Å². The lowest BCUT2D eigenvalue weighted by Gasteiger charge is -2.18. The van der Waals surface area contributed by atoms with Gasteiger partial charge in [0.05, 0.1) is 17.1 Å². The van der Waals surface area contributed by atoms with Gasteiger partial charge in [0, 0.05) is 4.47 Å². The van der Waals surface area contributed by atoms with Crippen LogP contribution in [0, 0.1) is 0 Å². The molecule has 1 amide bonds. The Morgan fingerprint density at radius 3 is 2.68 bits per heavy atom. The van der Waals surface area contributed by atoms with E-state index in [9.17, 15) is 4.79 Å². The number of fused-ring (bicyclic) bond motifs is 1. The van der Waals surface area contributed by atoms with Crippen LogP contribution in [0.25, 0.3) is 0 Å². The largest absolute Gasteiger partial charge is 0.486 e. The molecule has 2 aromatic rings. The molecule has 0 spiro atoms. The van der Waals surface area contributed by atoms with Gasteiger partial charge in [-0.3, -0.25) is 4.79 Å². The standard InChI is InChI=1S/C16H13BrClNO3/c17-11-2-3-13(12(18)9-11)19-16(20)8-10-1-4-14-15(7-10)22-6-5-21-14/h1-4,7,9H,5-6,8H2,(H,19,20). The maximum atomic E-state index is 12.1. The summed E-state index contributed by atoms with van der Waals surface area (Å²) in [5.74, 6) is 1.26. The van der Waals surface area contributed by atoms with Crippen molar-refractivity contribution < 1.29 is 14.3 Å². The first-order valence-corrected chi connectivity index (χ1v) is 7.92. The Morgan fingerprint density at radius 2 is 1.91 bits per heavy atom. The molecule has 2 aromatic carbocycles. The van der Waals surface area contributed by atoms with Crippen LogP contribution in [0.2, 0.25) is 5.02 Å². The molecule has 1 heterocycles. The molecule has 1 N–H and O–H groups in total. The summed E-state index contributed by atoms with van der Waals surface area (Å²) >= 11 is 9.42. The van der Waals surface area contributed by atoms with Gasteiger partial charge >= 0.3 is 0 Å². The summed E-state index contributed by atoms with van der Waals surface area (Å²) in [5.41, 5.74) is 1.45. The van der Waals surface area contributed by atoms with Gasteiger partial charge < -0.3 is 14.8 Å². The number of carbonyl (C=O) groups is 1. The van der Waals surface area contributed by atoms with E-state index in [1.807, 2.05) is 24.3 Å². The van der Waals surface area contributed by atoms with E-state index in [0.717, 1.165) is 10.0 Å². The third-order valence-corrected chi connectivity index (χ3v) is 3.98. The molecule has 0 bridgehead atoms. The number of hydrogen-bond acceptors (Lipinski definition) is 3. The van der Waals surface area contributed by atoms with Crippen molar-refractivity contribution in [2.45, 2.75) is 6.42 Å². The van der Waals surface area contributed by atoms with E-state index in [1.165, 1.54) is 0 Å². The molecule has 1 aliphatic heterocycles. The summed E-state index contributed by atoms with van der Waals surface area (Å²) in [6.45, 7) is 1.08. The normalized spacial score (nSPS) is 12.8. The predicted octanol–water partition coefficient (Wildman–Crippen LogP) is 4.05. The number of anilines is 1. The number of ether oxygens (including phenoxy) is 2. The predicted molar refractivity (Wildman–Crippen MR) is 88.9 cm³/mol. The molecular formula is C16H13BrClNO3. The Hall–Kier alpha value is -1.72. The first kappa shape index (κ1) is 15.2. The average Bonchev–Trinajstić information content (AvgIpc) is 2.50. The summed E-state index contributed by atoms with van der Waals surface area (Å²) in [6, 6.07) is 10.8. The summed E-state index contributed by atoms with van der Waals surface area (Å²) in [5, 5.41) is 3.29. The molecule has 22 heavy (non-hydrogen) atoms. The van der Waals surface area contributed by atoms with Crippen molar-refractivity contribution in [2.75, 3.05) is 18.5 Å². The zero-order valence-corrected chi connectivity index (χ0v) is 13.9. The monoisotopic (exact) mass is 381 g/mol. The highest BCUT2D eigenvalue weighted by molar-refractivity contribution is 9.10. The third-order valence-electron chi connectivity index (χ3n) is 3.18. The highest BCUT2D eigenvalue weighted by Gasteiger charge is 2.13. The number of halogens is 2. The molecule has 6 heteroatoms. The van der Waals surface area contributed by atoms with Crippen LogP contribution in [0.15, 0.2) is 40.9 Å². The van der Waals surface area contributed by atoms with Gasteiger partial charge in [0.25, 0.3) is 0 Å². The zero-order chi connectivity index (χ0) is 15.5. The molecule has 114 valence electrons. The lowest BCUT2D eigenvalue weighted by atomic mass is 10.1. The van der Waals surface area contributed by atoms with Crippen LogP contribution < -0.4 is 14.8 Å². The van der Waals surface area contributed by atoms with E-state index < -0.39 is 0 Å². The number of benzene rings is 2. The fourth-order valence-corrected chi connectivity index (χ4v) is 2.89. The number of amides is 1. The van der Waals surface area contributed by atoms with Gasteiger partial charge in [-0.25, -0.2) is 0 Å². The Bertz CT molecular complexity index is 721. The lowest BCUT2D eigenvalue weighted by molar-refractivity contribution is -0.115. The maximum absolute atomic E-state index is 12.1. The fourth-order valence-electron chi connectivity index (χ4n) is 2.17. The van der Waals surface area contributed by atoms with Crippen LogP contribution in [-0.4, -0.2) is 19.1 Å². The van der Waals surface area contributed by atoms with Gasteiger partial charge in [-0.1, -0.05) is 33.6 Å². The van der Waals surface area contributed by atoms with Crippen LogP contribution in [0.5, 0.6) is 11.5 Å². The van der Waals surface area contributed by atoms with E-state index in [0.29, 0.717) is 35.4 Å². The smallest absolute Gasteiger partial charge is 0.228 e. The quantitative estimate of drug-likeness (QED) is 0.871. The minimum Gasteiger partial charge on any atom is -0.486 e. The molecule has 0 fully saturated rings. The zero-order valence-electron chi connectivity index (χ0n) is 11.6. The molecule has 0 aromatic heterocycles. The van der Waals surface area contributed by atoms with Gasteiger partial charge in [-0.05, 0) is 35.9 Å². The van der Waals surface area contributed by atoms with E-state index in [1.54, 1.807) is 12.1 Å². The Kier molecular flexibility index (Phi) is 4.55. The molecule has 0 radical (unpaired) electrons. The third kappa shape index (κ3) is 3.54. The molecule has 0 saturated heterocycles. The van der Waals surface area contributed by atoms with Crippen LogP contribution in [-0.2, 0) is 11.2 Å². The van der Waals surface area contributed by atoms with Crippen molar-refractivity contribution in [3.63, 3.8) is 0 Å². The van der Waals surface area contributed by atoms with Gasteiger partial charge in [0.15, 0.2) is 11.5 Å². The van der Waals surface area contributed by atoms with E-state index in [2.05, 4.69) is 21.2 Å². The Labute approximate surface area is 141 Å². The summed E-state index contributed by atoms with van der Waals surface area (Å²) in [6.07, 6.45) is 0.239. The first-order chi connectivity index (χ1) is 10.6. The molecule has 0 aliphatic carbocycles. The van der Waals surface area contributed by atoms with E-state index in [-0.39, 0.29) is 12.3 Å².